The summed E-state index contributed by atoms with van der Waals surface area (Å²) in [6.07, 6.45) is -11.7. The number of ether oxygens (including phenoxy) is 4. The van der Waals surface area contributed by atoms with E-state index in [1.165, 1.54) is 6.08 Å². The number of carbonyl (C=O) groups excluding carboxylic acids is 1. The van der Waals surface area contributed by atoms with Gasteiger partial charge in [0.1, 0.15) is 17.1 Å². The van der Waals surface area contributed by atoms with Crippen LogP contribution in [-0.2, 0) is 25.4 Å². The van der Waals surface area contributed by atoms with Crippen molar-refractivity contribution in [2.75, 3.05) is 19.5 Å². The second-order valence-electron chi connectivity index (χ2n) is 11.3. The monoisotopic (exact) mass is 690 g/mol. The van der Waals surface area contributed by atoms with Gasteiger partial charge >= 0.3 is 24.5 Å². The highest BCUT2D eigenvalue weighted by Crippen LogP contribution is 2.39. The Morgan fingerprint density at radius 3 is 2.32 bits per heavy atom. The fraction of sp³-hybridized carbons (Fsp3) is 0.500. The number of furan rings is 1. The topological polar surface area (TPSA) is 67.1 Å². The Kier molecular flexibility index (Phi) is 13.7. The van der Waals surface area contributed by atoms with E-state index in [-0.39, 0.29) is 5.92 Å². The fourth-order valence-corrected chi connectivity index (χ4v) is 5.60. The molecule has 13 heteroatoms. The van der Waals surface area contributed by atoms with Gasteiger partial charge in [-0.3, -0.25) is 4.79 Å². The van der Waals surface area contributed by atoms with Gasteiger partial charge in [-0.15, -0.1) is 27.1 Å². The SMILES string of the molecule is C=CC(C(=O)OCCC(F)(F)OC(F)(F)OC(F)(F)CCSc1ccc2cc(-c3ccc(CCCCC)cc3OC)oc2c1)C(C)C. The van der Waals surface area contributed by atoms with Gasteiger partial charge in [0.25, 0.3) is 0 Å². The number of aryl methyl sites for hydroxylation is 1. The second-order valence-corrected chi connectivity index (χ2v) is 12.4. The molecule has 0 saturated carbocycles. The molecule has 0 radical (unpaired) electrons. The molecule has 0 saturated heterocycles. The number of benzene rings is 2. The zero-order valence-electron chi connectivity index (χ0n) is 26.8. The van der Waals surface area contributed by atoms with E-state index < -0.39 is 55.6 Å². The summed E-state index contributed by atoms with van der Waals surface area (Å²) in [5, 5.41) is 0.750. The zero-order chi connectivity index (χ0) is 34.8. The predicted octanol–water partition coefficient (Wildman–Crippen LogP) is 10.5. The van der Waals surface area contributed by atoms with E-state index in [1.54, 1.807) is 39.2 Å². The quantitative estimate of drug-likeness (QED) is 0.0292. The summed E-state index contributed by atoms with van der Waals surface area (Å²) in [6, 6.07) is 12.7. The predicted molar refractivity (Wildman–Crippen MR) is 168 cm³/mol. The third-order valence-electron chi connectivity index (χ3n) is 7.17. The highest BCUT2D eigenvalue weighted by molar-refractivity contribution is 7.99. The standard InChI is InChI=1S/C34H40F6O6S/c1-6-8-9-10-23-11-14-27(29(19-23)42-5)30-20-24-12-13-25(21-28(24)44-30)47-18-16-33(37,38)46-34(39,40)45-32(35,36)15-17-43-31(41)26(7-2)22(3)4/h7,11-14,19-22,26H,2,6,8-10,15-18H2,1,3-5H3. The van der Waals surface area contributed by atoms with Crippen molar-refractivity contribution in [3.05, 3.63) is 60.7 Å². The van der Waals surface area contributed by atoms with Crippen LogP contribution in [0.5, 0.6) is 5.75 Å². The van der Waals surface area contributed by atoms with Crippen LogP contribution < -0.4 is 4.74 Å². The lowest BCUT2D eigenvalue weighted by molar-refractivity contribution is -0.514. The average molecular weight is 691 g/mol. The number of esters is 1. The van der Waals surface area contributed by atoms with Gasteiger partial charge in [-0.2, -0.15) is 17.6 Å². The molecule has 47 heavy (non-hydrogen) atoms. The summed E-state index contributed by atoms with van der Waals surface area (Å²) in [6.45, 7) is 7.94. The Morgan fingerprint density at radius 2 is 1.68 bits per heavy atom. The molecule has 1 atom stereocenters. The maximum Gasteiger partial charge on any atom is 0.494 e. The fourth-order valence-electron chi connectivity index (χ4n) is 4.67. The Balaban J connectivity index is 1.54. The number of halogens is 6. The molecule has 0 N–H and O–H groups in total. The Morgan fingerprint density at radius 1 is 0.979 bits per heavy atom. The summed E-state index contributed by atoms with van der Waals surface area (Å²) in [5.41, 5.74) is 2.37. The maximum atomic E-state index is 14.2. The molecule has 0 aliphatic carbocycles. The van der Waals surface area contributed by atoms with Crippen molar-refractivity contribution in [1.82, 2.24) is 0 Å². The van der Waals surface area contributed by atoms with Crippen molar-refractivity contribution in [3.8, 4) is 17.1 Å². The number of hydrogen-bond donors (Lipinski definition) is 0. The molecule has 1 heterocycles. The van der Waals surface area contributed by atoms with Crippen molar-refractivity contribution in [2.24, 2.45) is 11.8 Å². The molecule has 260 valence electrons. The number of unbranched alkanes of at least 4 members (excludes halogenated alkanes) is 2. The van der Waals surface area contributed by atoms with Gasteiger partial charge in [0, 0.05) is 22.5 Å². The minimum Gasteiger partial charge on any atom is -0.496 e. The molecule has 1 unspecified atom stereocenters. The van der Waals surface area contributed by atoms with Crippen molar-refractivity contribution < 1.29 is 54.5 Å². The minimum absolute atomic E-state index is 0.242. The van der Waals surface area contributed by atoms with E-state index in [1.807, 2.05) is 24.3 Å². The summed E-state index contributed by atoms with van der Waals surface area (Å²) in [5.74, 6) is -1.12. The first kappa shape index (κ1) is 38.3. The summed E-state index contributed by atoms with van der Waals surface area (Å²) < 4.78 is 107. The van der Waals surface area contributed by atoms with E-state index in [4.69, 9.17) is 9.15 Å². The van der Waals surface area contributed by atoms with Gasteiger partial charge in [0.15, 0.2) is 0 Å². The lowest BCUT2D eigenvalue weighted by Gasteiger charge is -2.26. The van der Waals surface area contributed by atoms with Crippen molar-refractivity contribution in [1.29, 1.82) is 0 Å². The van der Waals surface area contributed by atoms with Gasteiger partial charge < -0.3 is 13.9 Å². The summed E-state index contributed by atoms with van der Waals surface area (Å²) in [7, 11) is 1.58. The van der Waals surface area contributed by atoms with Crippen molar-refractivity contribution in [2.45, 2.75) is 82.7 Å². The van der Waals surface area contributed by atoms with Crippen LogP contribution in [0.1, 0.15) is 58.4 Å². The number of thioether (sulfide) groups is 1. The third kappa shape index (κ3) is 11.8. The normalized spacial score (nSPS) is 13.3. The molecule has 0 bridgehead atoms. The van der Waals surface area contributed by atoms with Gasteiger partial charge in [-0.25, -0.2) is 9.47 Å². The van der Waals surface area contributed by atoms with Crippen LogP contribution in [0.25, 0.3) is 22.3 Å². The van der Waals surface area contributed by atoms with E-state index >= 15 is 0 Å². The lowest BCUT2D eigenvalue weighted by atomic mass is 9.96. The lowest BCUT2D eigenvalue weighted by Crippen LogP contribution is -2.41. The number of methoxy groups -OCH3 is 1. The highest BCUT2D eigenvalue weighted by Gasteiger charge is 2.51. The molecule has 1 aromatic heterocycles. The Bertz CT molecular complexity index is 1470. The summed E-state index contributed by atoms with van der Waals surface area (Å²) in [4.78, 5) is 12.4. The molecule has 2 aromatic carbocycles. The van der Waals surface area contributed by atoms with Crippen molar-refractivity contribution >= 4 is 28.7 Å². The second kappa shape index (κ2) is 16.8. The highest BCUT2D eigenvalue weighted by atomic mass is 32.2. The van der Waals surface area contributed by atoms with E-state index in [2.05, 4.69) is 27.7 Å². The molecule has 0 aliphatic heterocycles. The van der Waals surface area contributed by atoms with Crippen LogP contribution >= 0.6 is 11.8 Å². The number of hydrogen-bond acceptors (Lipinski definition) is 7. The molecular weight excluding hydrogens is 650 g/mol. The molecule has 6 nitrogen and oxygen atoms in total. The molecule has 3 aromatic rings. The number of carbonyl (C=O) groups is 1. The van der Waals surface area contributed by atoms with Gasteiger partial charge in [0.2, 0.25) is 0 Å². The van der Waals surface area contributed by atoms with Crippen LogP contribution in [0, 0.1) is 11.8 Å². The molecule has 0 spiro atoms. The van der Waals surface area contributed by atoms with Crippen LogP contribution in [0.2, 0.25) is 0 Å². The Labute approximate surface area is 274 Å². The number of alkyl halides is 6. The van der Waals surface area contributed by atoms with Crippen LogP contribution in [-0.4, -0.2) is 44.0 Å². The maximum absolute atomic E-state index is 14.2. The first-order chi connectivity index (χ1) is 22.1. The van der Waals surface area contributed by atoms with E-state index in [0.29, 0.717) is 22.0 Å². The largest absolute Gasteiger partial charge is 0.496 e. The first-order valence-electron chi connectivity index (χ1n) is 15.3. The number of rotatable bonds is 20. The summed E-state index contributed by atoms with van der Waals surface area (Å²) >= 11 is 0.911. The molecule has 0 amide bonds. The number of fused-ring (bicyclic) bond motifs is 1. The average Bonchev–Trinajstić information content (AvgIpc) is 3.39. The molecule has 0 fully saturated rings. The van der Waals surface area contributed by atoms with Crippen LogP contribution in [0.3, 0.4) is 0 Å². The minimum atomic E-state index is -5.33. The van der Waals surface area contributed by atoms with Gasteiger partial charge in [0.05, 0.1) is 31.6 Å². The van der Waals surface area contributed by atoms with Crippen molar-refractivity contribution in [3.63, 3.8) is 0 Å². The molecule has 3 rings (SSSR count). The third-order valence-corrected chi connectivity index (χ3v) is 8.17. The van der Waals surface area contributed by atoms with Crippen LogP contribution in [0.15, 0.2) is 64.4 Å². The van der Waals surface area contributed by atoms with Gasteiger partial charge in [-0.05, 0) is 60.7 Å². The Hall–Kier alpha value is -3.16. The van der Waals surface area contributed by atoms with Gasteiger partial charge in [-0.1, -0.05) is 45.8 Å². The molecular formula is C34H40F6O6S. The van der Waals surface area contributed by atoms with E-state index in [9.17, 15) is 31.1 Å². The zero-order valence-corrected chi connectivity index (χ0v) is 27.6. The van der Waals surface area contributed by atoms with E-state index in [0.717, 1.165) is 54.0 Å². The smallest absolute Gasteiger partial charge is 0.494 e. The van der Waals surface area contributed by atoms with Crippen LogP contribution in [0.4, 0.5) is 26.3 Å². The first-order valence-corrected chi connectivity index (χ1v) is 16.2. The molecule has 0 aliphatic rings.